The molecule has 8 nitrogen and oxygen atoms in total. The number of ketones is 1. The van der Waals surface area contributed by atoms with Crippen molar-refractivity contribution in [1.82, 2.24) is 0 Å². The summed E-state index contributed by atoms with van der Waals surface area (Å²) in [5, 5.41) is 11.1. The predicted molar refractivity (Wildman–Crippen MR) is 79.2 cm³/mol. The minimum atomic E-state index is -4.88. The molecule has 0 aliphatic heterocycles. The lowest BCUT2D eigenvalue weighted by atomic mass is 9.95. The molecule has 0 saturated carbocycles. The van der Waals surface area contributed by atoms with Crippen LogP contribution in [0.5, 0.6) is 0 Å². The maximum atomic E-state index is 12.7. The summed E-state index contributed by atoms with van der Waals surface area (Å²) < 4.78 is 47.3. The van der Waals surface area contributed by atoms with Crippen LogP contribution in [0, 0.1) is 16.0 Å². The summed E-state index contributed by atoms with van der Waals surface area (Å²) in [6, 6.07) is 1.13. The number of carbonyl (C=O) groups excluding carboxylic acids is 3. The fraction of sp³-hybridized carbons (Fsp3) is 0.400. The Morgan fingerprint density at radius 1 is 1.12 bits per heavy atom. The van der Waals surface area contributed by atoms with Gasteiger partial charge in [-0.2, -0.15) is 13.2 Å². The zero-order valence-electron chi connectivity index (χ0n) is 13.7. The first kappa shape index (κ1) is 21.1. The Morgan fingerprint density at radius 3 is 2.00 bits per heavy atom. The Kier molecular flexibility index (Phi) is 6.81. The van der Waals surface area contributed by atoms with Gasteiger partial charge in [0.2, 0.25) is 5.92 Å². The minimum Gasteiger partial charge on any atom is -0.465 e. The van der Waals surface area contributed by atoms with Crippen LogP contribution in [0.1, 0.15) is 29.8 Å². The van der Waals surface area contributed by atoms with Gasteiger partial charge in [0, 0.05) is 6.07 Å². The van der Waals surface area contributed by atoms with Gasteiger partial charge in [-0.3, -0.25) is 24.5 Å². The molecule has 1 aromatic rings. The van der Waals surface area contributed by atoms with E-state index < -0.39 is 51.6 Å². The van der Waals surface area contributed by atoms with Crippen LogP contribution in [0.15, 0.2) is 18.2 Å². The molecule has 0 fully saturated rings. The van der Waals surface area contributed by atoms with Gasteiger partial charge in [0.25, 0.3) is 5.69 Å². The number of nitro benzene ring substituents is 1. The molecule has 0 amide bonds. The van der Waals surface area contributed by atoms with E-state index in [0.717, 1.165) is 0 Å². The highest BCUT2D eigenvalue weighted by atomic mass is 19.4. The van der Waals surface area contributed by atoms with Gasteiger partial charge in [-0.15, -0.1) is 0 Å². The summed E-state index contributed by atoms with van der Waals surface area (Å²) in [7, 11) is 0. The lowest BCUT2D eigenvalue weighted by Crippen LogP contribution is -2.35. The molecule has 1 rings (SSSR count). The first-order valence-electron chi connectivity index (χ1n) is 7.27. The van der Waals surface area contributed by atoms with Crippen LogP contribution >= 0.6 is 0 Å². The quantitative estimate of drug-likeness (QED) is 0.236. The average Bonchev–Trinajstić information content (AvgIpc) is 2.54. The van der Waals surface area contributed by atoms with Gasteiger partial charge in [-0.1, -0.05) is 0 Å². The number of hydrogen-bond acceptors (Lipinski definition) is 7. The van der Waals surface area contributed by atoms with Gasteiger partial charge in [-0.25, -0.2) is 0 Å². The number of Topliss-reactive ketones (excluding diaryl/α,β-unsaturated/α-hetero) is 1. The van der Waals surface area contributed by atoms with Crippen molar-refractivity contribution in [2.24, 2.45) is 5.92 Å². The fourth-order valence-corrected chi connectivity index (χ4v) is 1.98. The van der Waals surface area contributed by atoms with E-state index in [-0.39, 0.29) is 19.3 Å². The summed E-state index contributed by atoms with van der Waals surface area (Å²) in [4.78, 5) is 46.1. The first-order valence-corrected chi connectivity index (χ1v) is 7.27. The van der Waals surface area contributed by atoms with Gasteiger partial charge in [0.1, 0.15) is 0 Å². The maximum Gasteiger partial charge on any atom is 0.416 e. The van der Waals surface area contributed by atoms with Crippen molar-refractivity contribution in [1.29, 1.82) is 0 Å². The highest BCUT2D eigenvalue weighted by Crippen LogP contribution is 2.34. The van der Waals surface area contributed by atoms with Crippen molar-refractivity contribution in [3.8, 4) is 0 Å². The van der Waals surface area contributed by atoms with Crippen molar-refractivity contribution in [3.05, 3.63) is 39.4 Å². The van der Waals surface area contributed by atoms with E-state index >= 15 is 0 Å². The average molecular weight is 377 g/mol. The van der Waals surface area contributed by atoms with E-state index in [0.29, 0.717) is 12.1 Å². The second-order valence-corrected chi connectivity index (χ2v) is 4.79. The SMILES string of the molecule is CCOC(=O)C(C(=O)OCC)C(=O)c1ccc(C(F)(F)F)cc1[N+](=O)[O-]. The molecule has 0 aliphatic carbocycles. The third kappa shape index (κ3) is 4.77. The van der Waals surface area contributed by atoms with E-state index in [1.54, 1.807) is 0 Å². The van der Waals surface area contributed by atoms with Crippen LogP contribution in [0.3, 0.4) is 0 Å². The lowest BCUT2D eigenvalue weighted by Gasteiger charge is -2.14. The van der Waals surface area contributed by atoms with Gasteiger partial charge >= 0.3 is 18.1 Å². The Labute approximate surface area is 145 Å². The topological polar surface area (TPSA) is 113 Å². The lowest BCUT2D eigenvalue weighted by molar-refractivity contribution is -0.385. The molecule has 0 spiro atoms. The molecular weight excluding hydrogens is 363 g/mol. The number of alkyl halides is 3. The third-order valence-electron chi connectivity index (χ3n) is 3.09. The second kappa shape index (κ2) is 8.41. The number of nitro groups is 1. The number of halogens is 3. The molecule has 0 bridgehead atoms. The van der Waals surface area contributed by atoms with Gasteiger partial charge in [-0.05, 0) is 26.0 Å². The molecule has 0 heterocycles. The van der Waals surface area contributed by atoms with Crippen molar-refractivity contribution >= 4 is 23.4 Å². The van der Waals surface area contributed by atoms with Crippen LogP contribution < -0.4 is 0 Å². The fourth-order valence-electron chi connectivity index (χ4n) is 1.98. The highest BCUT2D eigenvalue weighted by Gasteiger charge is 2.41. The van der Waals surface area contributed by atoms with E-state index in [2.05, 4.69) is 9.47 Å². The number of carbonyl (C=O) groups is 3. The summed E-state index contributed by atoms with van der Waals surface area (Å²) >= 11 is 0. The van der Waals surface area contributed by atoms with E-state index in [4.69, 9.17) is 0 Å². The van der Waals surface area contributed by atoms with E-state index in [1.165, 1.54) is 13.8 Å². The molecule has 0 atom stereocenters. The number of esters is 2. The molecule has 0 saturated heterocycles. The number of hydrogen-bond donors (Lipinski definition) is 0. The molecule has 0 aliphatic rings. The normalized spacial score (nSPS) is 11.2. The van der Waals surface area contributed by atoms with E-state index in [9.17, 15) is 37.7 Å². The molecule has 26 heavy (non-hydrogen) atoms. The zero-order valence-corrected chi connectivity index (χ0v) is 13.7. The largest absolute Gasteiger partial charge is 0.465 e. The minimum absolute atomic E-state index is 0.153. The monoisotopic (exact) mass is 377 g/mol. The Hall–Kier alpha value is -2.98. The molecule has 0 unspecified atom stereocenters. The van der Waals surface area contributed by atoms with Gasteiger partial charge < -0.3 is 9.47 Å². The van der Waals surface area contributed by atoms with Crippen molar-refractivity contribution in [2.45, 2.75) is 20.0 Å². The van der Waals surface area contributed by atoms with Gasteiger partial charge in [0.15, 0.2) is 5.78 Å². The standard InChI is InChI=1S/C15H14F3NO7/c1-3-25-13(21)11(14(22)26-4-2)12(20)9-6-5-8(15(16,17)18)7-10(9)19(23)24/h5-7,11H,3-4H2,1-2H3. The molecule has 0 N–H and O–H groups in total. The molecule has 0 aromatic heterocycles. The second-order valence-electron chi connectivity index (χ2n) is 4.79. The molecule has 11 heteroatoms. The molecule has 142 valence electrons. The number of nitrogens with zero attached hydrogens (tertiary/aromatic N) is 1. The molecule has 0 radical (unpaired) electrons. The predicted octanol–water partition coefficient (Wildman–Crippen LogP) is 2.54. The van der Waals surface area contributed by atoms with Crippen LogP contribution in [-0.4, -0.2) is 35.9 Å². The summed E-state index contributed by atoms with van der Waals surface area (Å²) in [5.41, 5.74) is -3.39. The molecule has 1 aromatic carbocycles. The van der Waals surface area contributed by atoms with Crippen LogP contribution in [0.25, 0.3) is 0 Å². The summed E-state index contributed by atoms with van der Waals surface area (Å²) in [5.74, 6) is -6.19. The van der Waals surface area contributed by atoms with Crippen molar-refractivity contribution < 1.29 is 42.0 Å². The zero-order chi connectivity index (χ0) is 20.1. The van der Waals surface area contributed by atoms with Crippen LogP contribution in [-0.2, 0) is 25.2 Å². The van der Waals surface area contributed by atoms with Gasteiger partial charge in [0.05, 0.1) is 29.3 Å². The number of rotatable bonds is 7. The number of ether oxygens (including phenoxy) is 2. The Bertz CT molecular complexity index is 712. The maximum absolute atomic E-state index is 12.7. The van der Waals surface area contributed by atoms with Crippen molar-refractivity contribution in [3.63, 3.8) is 0 Å². The first-order chi connectivity index (χ1) is 12.0. The summed E-state index contributed by atoms with van der Waals surface area (Å²) in [6.07, 6.45) is -4.88. The van der Waals surface area contributed by atoms with Crippen LogP contribution in [0.2, 0.25) is 0 Å². The van der Waals surface area contributed by atoms with E-state index in [1.807, 2.05) is 0 Å². The molecular formula is C15H14F3NO7. The Balaban J connectivity index is 3.44. The highest BCUT2D eigenvalue weighted by molar-refractivity contribution is 6.22. The number of benzene rings is 1. The van der Waals surface area contributed by atoms with Crippen molar-refractivity contribution in [2.75, 3.05) is 13.2 Å². The van der Waals surface area contributed by atoms with Crippen LogP contribution in [0.4, 0.5) is 18.9 Å². The smallest absolute Gasteiger partial charge is 0.416 e. The summed E-state index contributed by atoms with van der Waals surface area (Å²) in [6.45, 7) is 2.39. The Morgan fingerprint density at radius 2 is 1.62 bits per heavy atom. The third-order valence-corrected chi connectivity index (χ3v) is 3.09.